The molecule has 3 nitrogen and oxygen atoms in total. The van der Waals surface area contributed by atoms with Gasteiger partial charge in [0.25, 0.3) is 0 Å². The summed E-state index contributed by atoms with van der Waals surface area (Å²) in [7, 11) is 0. The zero-order chi connectivity index (χ0) is 14.8. The fourth-order valence-corrected chi connectivity index (χ4v) is 2.29. The van der Waals surface area contributed by atoms with E-state index in [1.165, 1.54) is 5.56 Å². The summed E-state index contributed by atoms with van der Waals surface area (Å²) in [6.07, 6.45) is 3.64. The number of hydrogen-bond donors (Lipinski definition) is 2. The molecule has 0 radical (unpaired) electrons. The van der Waals surface area contributed by atoms with Gasteiger partial charge in [-0.05, 0) is 37.2 Å². The molecular weight excluding hydrogens is 250 g/mol. The van der Waals surface area contributed by atoms with E-state index < -0.39 is 0 Å². The van der Waals surface area contributed by atoms with Gasteiger partial charge in [0.2, 0.25) is 5.91 Å². The number of carbonyl (C=O) groups is 1. The van der Waals surface area contributed by atoms with Crippen LogP contribution in [0.2, 0.25) is 0 Å². The van der Waals surface area contributed by atoms with Crippen molar-refractivity contribution in [3.05, 3.63) is 35.9 Å². The highest BCUT2D eigenvalue weighted by atomic mass is 16.3. The summed E-state index contributed by atoms with van der Waals surface area (Å²) in [5, 5.41) is 12.4. The molecular formula is C17H27NO2. The van der Waals surface area contributed by atoms with Gasteiger partial charge in [0, 0.05) is 13.0 Å². The Morgan fingerprint density at radius 1 is 1.20 bits per heavy atom. The maximum atomic E-state index is 11.9. The average Bonchev–Trinajstić information content (AvgIpc) is 2.49. The van der Waals surface area contributed by atoms with Gasteiger partial charge >= 0.3 is 0 Å². The second kappa shape index (κ2) is 9.54. The first-order valence-corrected chi connectivity index (χ1v) is 7.67. The molecule has 1 rings (SSSR count). The maximum absolute atomic E-state index is 11.9. The first kappa shape index (κ1) is 16.7. The lowest BCUT2D eigenvalue weighted by atomic mass is 9.93. The third-order valence-electron chi connectivity index (χ3n) is 3.70. The van der Waals surface area contributed by atoms with Crippen molar-refractivity contribution in [2.45, 2.75) is 58.0 Å². The first-order chi connectivity index (χ1) is 9.67. The van der Waals surface area contributed by atoms with E-state index in [0.29, 0.717) is 13.0 Å². The van der Waals surface area contributed by atoms with Crippen molar-refractivity contribution in [2.75, 3.05) is 6.54 Å². The van der Waals surface area contributed by atoms with E-state index in [4.69, 9.17) is 0 Å². The lowest BCUT2D eigenvalue weighted by Gasteiger charge is -2.15. The van der Waals surface area contributed by atoms with Gasteiger partial charge in [-0.3, -0.25) is 4.79 Å². The number of benzene rings is 1. The summed E-state index contributed by atoms with van der Waals surface area (Å²) >= 11 is 0. The lowest BCUT2D eigenvalue weighted by Crippen LogP contribution is -2.26. The molecule has 0 unspecified atom stereocenters. The Morgan fingerprint density at radius 3 is 2.50 bits per heavy atom. The second-order valence-electron chi connectivity index (χ2n) is 5.27. The highest BCUT2D eigenvalue weighted by Gasteiger charge is 2.13. The van der Waals surface area contributed by atoms with Crippen molar-refractivity contribution >= 4 is 5.91 Å². The minimum Gasteiger partial charge on any atom is -0.393 e. The Morgan fingerprint density at radius 2 is 1.90 bits per heavy atom. The van der Waals surface area contributed by atoms with Crippen LogP contribution in [-0.2, 0) is 4.79 Å². The van der Waals surface area contributed by atoms with Crippen LogP contribution >= 0.6 is 0 Å². The Kier molecular flexibility index (Phi) is 7.97. The van der Waals surface area contributed by atoms with Crippen molar-refractivity contribution in [3.8, 4) is 0 Å². The Labute approximate surface area is 122 Å². The molecule has 2 atom stereocenters. The predicted octanol–water partition coefficient (Wildman–Crippen LogP) is 3.24. The standard InChI is InChI=1S/C17H27NO2/c1-3-14(15-9-6-5-7-10-15)13-17(20)18-12-8-11-16(19)4-2/h5-7,9-10,14,16,19H,3-4,8,11-13H2,1-2H3,(H,18,20)/t14-,16-/m0/s1. The fraction of sp³-hybridized carbons (Fsp3) is 0.588. The third-order valence-corrected chi connectivity index (χ3v) is 3.70. The molecule has 0 aliphatic rings. The summed E-state index contributed by atoms with van der Waals surface area (Å²) in [4.78, 5) is 11.9. The van der Waals surface area contributed by atoms with Crippen molar-refractivity contribution in [3.63, 3.8) is 0 Å². The molecule has 2 N–H and O–H groups in total. The Bertz CT molecular complexity index is 378. The summed E-state index contributed by atoms with van der Waals surface area (Å²) in [5.74, 6) is 0.393. The first-order valence-electron chi connectivity index (χ1n) is 7.67. The molecule has 1 aromatic rings. The zero-order valence-electron chi connectivity index (χ0n) is 12.6. The molecule has 0 saturated carbocycles. The van der Waals surface area contributed by atoms with E-state index in [0.717, 1.165) is 25.7 Å². The van der Waals surface area contributed by atoms with Crippen LogP contribution in [0.15, 0.2) is 30.3 Å². The molecule has 0 bridgehead atoms. The molecule has 1 amide bonds. The molecule has 0 aliphatic carbocycles. The number of rotatable bonds is 9. The number of aliphatic hydroxyl groups excluding tert-OH is 1. The largest absolute Gasteiger partial charge is 0.393 e. The fourth-order valence-electron chi connectivity index (χ4n) is 2.29. The molecule has 20 heavy (non-hydrogen) atoms. The van der Waals surface area contributed by atoms with Crippen LogP contribution in [0, 0.1) is 0 Å². The number of hydrogen-bond acceptors (Lipinski definition) is 2. The van der Waals surface area contributed by atoms with Gasteiger partial charge in [0.05, 0.1) is 6.10 Å². The van der Waals surface area contributed by atoms with Gasteiger partial charge in [0.15, 0.2) is 0 Å². The van der Waals surface area contributed by atoms with E-state index >= 15 is 0 Å². The smallest absolute Gasteiger partial charge is 0.220 e. The highest BCUT2D eigenvalue weighted by Crippen LogP contribution is 2.22. The van der Waals surface area contributed by atoms with Crippen LogP contribution in [0.1, 0.15) is 57.4 Å². The molecule has 0 fully saturated rings. The van der Waals surface area contributed by atoms with Crippen molar-refractivity contribution in [1.82, 2.24) is 5.32 Å². The maximum Gasteiger partial charge on any atom is 0.220 e. The van der Waals surface area contributed by atoms with Crippen LogP contribution < -0.4 is 5.32 Å². The van der Waals surface area contributed by atoms with Gasteiger partial charge < -0.3 is 10.4 Å². The molecule has 3 heteroatoms. The minimum absolute atomic E-state index is 0.103. The van der Waals surface area contributed by atoms with Crippen LogP contribution in [0.25, 0.3) is 0 Å². The number of carbonyl (C=O) groups excluding carboxylic acids is 1. The van der Waals surface area contributed by atoms with Gasteiger partial charge in [-0.2, -0.15) is 0 Å². The molecule has 0 aromatic heterocycles. The summed E-state index contributed by atoms with van der Waals surface area (Å²) < 4.78 is 0. The normalized spacial score (nSPS) is 13.8. The van der Waals surface area contributed by atoms with E-state index in [1.807, 2.05) is 25.1 Å². The van der Waals surface area contributed by atoms with Gasteiger partial charge in [0.1, 0.15) is 0 Å². The molecule has 112 valence electrons. The number of nitrogens with one attached hydrogen (secondary N) is 1. The van der Waals surface area contributed by atoms with E-state index in [1.54, 1.807) is 0 Å². The van der Waals surface area contributed by atoms with Crippen LogP contribution in [0.3, 0.4) is 0 Å². The molecule has 0 aliphatic heterocycles. The molecule has 0 saturated heterocycles. The van der Waals surface area contributed by atoms with Crippen LogP contribution in [0.5, 0.6) is 0 Å². The van der Waals surface area contributed by atoms with Crippen LogP contribution in [-0.4, -0.2) is 23.7 Å². The third kappa shape index (κ3) is 6.20. The topological polar surface area (TPSA) is 49.3 Å². The number of amides is 1. The number of aliphatic hydroxyl groups is 1. The van der Waals surface area contributed by atoms with Crippen molar-refractivity contribution < 1.29 is 9.90 Å². The van der Waals surface area contributed by atoms with Crippen molar-refractivity contribution in [1.29, 1.82) is 0 Å². The van der Waals surface area contributed by atoms with Gasteiger partial charge in [-0.25, -0.2) is 0 Å². The highest BCUT2D eigenvalue weighted by molar-refractivity contribution is 5.76. The monoisotopic (exact) mass is 277 g/mol. The molecule has 1 aromatic carbocycles. The zero-order valence-corrected chi connectivity index (χ0v) is 12.6. The predicted molar refractivity (Wildman–Crippen MR) is 82.6 cm³/mol. The summed E-state index contributed by atoms with van der Waals surface area (Å²) in [6.45, 7) is 4.73. The Hall–Kier alpha value is -1.35. The summed E-state index contributed by atoms with van der Waals surface area (Å²) in [6, 6.07) is 10.2. The van der Waals surface area contributed by atoms with Gasteiger partial charge in [-0.1, -0.05) is 44.2 Å². The summed E-state index contributed by atoms with van der Waals surface area (Å²) in [5.41, 5.74) is 1.23. The van der Waals surface area contributed by atoms with Crippen molar-refractivity contribution in [2.24, 2.45) is 0 Å². The van der Waals surface area contributed by atoms with E-state index in [9.17, 15) is 9.90 Å². The lowest BCUT2D eigenvalue weighted by molar-refractivity contribution is -0.121. The molecule has 0 spiro atoms. The van der Waals surface area contributed by atoms with Gasteiger partial charge in [-0.15, -0.1) is 0 Å². The molecule has 0 heterocycles. The average molecular weight is 277 g/mol. The SMILES string of the molecule is CC[C@H](O)CCCNC(=O)C[C@H](CC)c1ccccc1. The quantitative estimate of drug-likeness (QED) is 0.681. The van der Waals surface area contributed by atoms with E-state index in [2.05, 4.69) is 24.4 Å². The minimum atomic E-state index is -0.236. The van der Waals surface area contributed by atoms with E-state index in [-0.39, 0.29) is 17.9 Å². The Balaban J connectivity index is 2.30. The van der Waals surface area contributed by atoms with Crippen LogP contribution in [0.4, 0.5) is 0 Å². The second-order valence-corrected chi connectivity index (χ2v) is 5.27.